The van der Waals surface area contributed by atoms with E-state index in [2.05, 4.69) is 19.5 Å². The number of ketones is 1. The molecule has 2 heterocycles. The van der Waals surface area contributed by atoms with Crippen LogP contribution in [-0.4, -0.2) is 53.1 Å². The molecule has 1 aliphatic carbocycles. The quantitative estimate of drug-likeness (QED) is 0.276. The van der Waals surface area contributed by atoms with Crippen molar-refractivity contribution < 1.29 is 27.6 Å². The van der Waals surface area contributed by atoms with Crippen molar-refractivity contribution in [1.82, 2.24) is 9.97 Å². The molecule has 1 aliphatic rings. The molecule has 4 rings (SSSR count). The molecule has 1 fully saturated rings. The lowest BCUT2D eigenvalue weighted by Crippen LogP contribution is -2.24. The highest BCUT2D eigenvalue weighted by atomic mass is 35.5. The number of hydrogen-bond donors (Lipinski definition) is 4. The number of carbonyl (C=O) groups excluding carboxylic acids is 1. The number of nitrogens with one attached hydrogen (secondary N) is 1. The predicted octanol–water partition coefficient (Wildman–Crippen LogP) is 2.28. The molecule has 36 heavy (non-hydrogen) atoms. The molecule has 0 bridgehead atoms. The van der Waals surface area contributed by atoms with Gasteiger partial charge in [0.1, 0.15) is 12.1 Å². The van der Waals surface area contributed by atoms with Crippen LogP contribution in [0.15, 0.2) is 42.9 Å². The molecular weight excluding hydrogens is 528 g/mol. The Morgan fingerprint density at radius 2 is 2.11 bits per heavy atom. The minimum Gasteiger partial charge on any atom is -0.393 e. The van der Waals surface area contributed by atoms with Gasteiger partial charge in [-0.1, -0.05) is 23.7 Å². The van der Waals surface area contributed by atoms with Crippen LogP contribution >= 0.6 is 22.9 Å². The van der Waals surface area contributed by atoms with Gasteiger partial charge in [-0.15, -0.1) is 11.3 Å². The Balaban J connectivity index is 1.50. The molecule has 1 saturated carbocycles. The number of aliphatic hydroxyl groups is 2. The fourth-order valence-electron chi connectivity index (χ4n) is 4.21. The normalized spacial score (nSPS) is 19.9. The van der Waals surface area contributed by atoms with Crippen molar-refractivity contribution in [3.8, 4) is 0 Å². The molecule has 0 amide bonds. The van der Waals surface area contributed by atoms with Gasteiger partial charge in [-0.05, 0) is 42.2 Å². The molecule has 1 aromatic carbocycles. The van der Waals surface area contributed by atoms with Crippen molar-refractivity contribution in [2.45, 2.75) is 38.0 Å². The van der Waals surface area contributed by atoms with Crippen molar-refractivity contribution in [3.05, 3.63) is 74.3 Å². The number of halogens is 1. The van der Waals surface area contributed by atoms with Crippen LogP contribution in [0.25, 0.3) is 0 Å². The van der Waals surface area contributed by atoms with Crippen LogP contribution < -0.4 is 10.5 Å². The summed E-state index contributed by atoms with van der Waals surface area (Å²) < 4.78 is 26.8. The Labute approximate surface area is 217 Å². The second-order valence-corrected chi connectivity index (χ2v) is 11.3. The molecule has 0 unspecified atom stereocenters. The number of thiophene rings is 1. The lowest BCUT2D eigenvalue weighted by atomic mass is 10.1. The van der Waals surface area contributed by atoms with E-state index < -0.39 is 22.3 Å². The lowest BCUT2D eigenvalue weighted by molar-refractivity contribution is 0.101. The molecule has 0 spiro atoms. The second-order valence-electron chi connectivity index (χ2n) is 8.56. The molecule has 3 atom stereocenters. The molecule has 0 saturated heterocycles. The zero-order valence-corrected chi connectivity index (χ0v) is 21.4. The first-order valence-electron chi connectivity index (χ1n) is 11.1. The van der Waals surface area contributed by atoms with Crippen molar-refractivity contribution in [1.29, 1.82) is 0 Å². The number of carbonyl (C=O) groups is 1. The highest BCUT2D eigenvalue weighted by Gasteiger charge is 2.35. The molecular formula is C23H25ClN4O6S2. The zero-order valence-electron chi connectivity index (χ0n) is 19.0. The summed E-state index contributed by atoms with van der Waals surface area (Å²) in [6, 6.07) is 8.80. The van der Waals surface area contributed by atoms with Crippen LogP contribution in [0.5, 0.6) is 0 Å². The largest absolute Gasteiger partial charge is 0.393 e. The van der Waals surface area contributed by atoms with E-state index in [1.165, 1.54) is 23.9 Å². The number of nitrogens with two attached hydrogens (primary N) is 1. The lowest BCUT2D eigenvalue weighted by Gasteiger charge is -2.15. The maximum atomic E-state index is 13.4. The molecule has 13 heteroatoms. The van der Waals surface area contributed by atoms with Crippen molar-refractivity contribution in [2.75, 3.05) is 11.9 Å². The third-order valence-corrected chi connectivity index (χ3v) is 7.82. The minimum absolute atomic E-state index is 0.210. The van der Waals surface area contributed by atoms with Crippen molar-refractivity contribution in [2.24, 2.45) is 11.1 Å². The van der Waals surface area contributed by atoms with Gasteiger partial charge in [0, 0.05) is 34.5 Å². The number of aliphatic hydroxyl groups excluding tert-OH is 2. The van der Waals surface area contributed by atoms with Crippen LogP contribution in [0.1, 0.15) is 44.1 Å². The Kier molecular flexibility index (Phi) is 8.35. The summed E-state index contributed by atoms with van der Waals surface area (Å²) in [7, 11) is -4.11. The average Bonchev–Trinajstić information content (AvgIpc) is 3.39. The Morgan fingerprint density at radius 3 is 2.83 bits per heavy atom. The number of anilines is 1. The number of aromatic nitrogens is 2. The molecule has 10 nitrogen and oxygen atoms in total. The fourth-order valence-corrected chi connectivity index (χ4v) is 5.95. The predicted molar refractivity (Wildman–Crippen MR) is 135 cm³/mol. The maximum absolute atomic E-state index is 13.4. The summed E-state index contributed by atoms with van der Waals surface area (Å²) in [4.78, 5) is 22.9. The Morgan fingerprint density at radius 1 is 1.31 bits per heavy atom. The van der Waals surface area contributed by atoms with Crippen LogP contribution in [-0.2, 0) is 27.5 Å². The van der Waals surface area contributed by atoms with E-state index in [9.17, 15) is 23.4 Å². The molecule has 2 aromatic heterocycles. The third kappa shape index (κ3) is 6.65. The molecule has 3 aromatic rings. The summed E-state index contributed by atoms with van der Waals surface area (Å²) >= 11 is 7.37. The van der Waals surface area contributed by atoms with Crippen molar-refractivity contribution in [3.63, 3.8) is 0 Å². The van der Waals surface area contributed by atoms with Gasteiger partial charge in [0.15, 0.2) is 0 Å². The van der Waals surface area contributed by atoms with E-state index >= 15 is 0 Å². The van der Waals surface area contributed by atoms with E-state index in [0.717, 1.165) is 10.4 Å². The van der Waals surface area contributed by atoms with E-state index in [1.807, 2.05) is 18.2 Å². The van der Waals surface area contributed by atoms with Crippen LogP contribution in [0.3, 0.4) is 0 Å². The maximum Gasteiger partial charge on any atom is 0.333 e. The standard InChI is InChI=1S/C23H25ClN4O6S2/c24-16-3-1-2-13(4-16)5-20-14(10-29)7-21(35-20)22(31)18-9-26-12-27-23(18)28-17-6-15(19(30)8-17)11-34-36(25,32)33/h1-4,7,9,12,15,17,19,29-30H,5-6,8,10-11H2,(H2,25,32,33)(H,26,27,28)/t15-,17-,19+/m1/s1. The highest BCUT2D eigenvalue weighted by Crippen LogP contribution is 2.32. The SMILES string of the molecule is NS(=O)(=O)OC[C@H]1C[C@@H](Nc2ncncc2C(=O)c2cc(CO)c(Cc3cccc(Cl)c3)s2)C[C@@H]1O. The van der Waals surface area contributed by atoms with Gasteiger partial charge in [0.25, 0.3) is 0 Å². The van der Waals surface area contributed by atoms with Gasteiger partial charge in [0.05, 0.1) is 29.8 Å². The minimum atomic E-state index is -4.11. The molecule has 0 aliphatic heterocycles. The zero-order chi connectivity index (χ0) is 25.9. The first-order chi connectivity index (χ1) is 17.1. The van der Waals surface area contributed by atoms with Gasteiger partial charge < -0.3 is 15.5 Å². The first kappa shape index (κ1) is 26.6. The van der Waals surface area contributed by atoms with Crippen molar-refractivity contribution >= 4 is 44.8 Å². The Bertz CT molecular complexity index is 1350. The highest BCUT2D eigenvalue weighted by molar-refractivity contribution is 7.84. The van der Waals surface area contributed by atoms with E-state index in [-0.39, 0.29) is 30.6 Å². The van der Waals surface area contributed by atoms with E-state index in [1.54, 1.807) is 12.1 Å². The second kappa shape index (κ2) is 11.3. The molecule has 0 radical (unpaired) electrons. The number of benzene rings is 1. The summed E-state index contributed by atoms with van der Waals surface area (Å²) in [6.07, 6.45) is 3.15. The van der Waals surface area contributed by atoms with E-state index in [4.69, 9.17) is 16.7 Å². The number of rotatable bonds is 10. The van der Waals surface area contributed by atoms with Crippen LogP contribution in [0, 0.1) is 5.92 Å². The van der Waals surface area contributed by atoms with Crippen LogP contribution in [0.2, 0.25) is 5.02 Å². The summed E-state index contributed by atoms with van der Waals surface area (Å²) in [5, 5.41) is 28.8. The first-order valence-corrected chi connectivity index (χ1v) is 13.7. The summed E-state index contributed by atoms with van der Waals surface area (Å²) in [5.74, 6) is -0.446. The molecule has 5 N–H and O–H groups in total. The number of nitrogens with zero attached hydrogens (tertiary/aromatic N) is 2. The third-order valence-electron chi connectivity index (χ3n) is 5.95. The fraction of sp³-hybridized carbons (Fsp3) is 0.348. The average molecular weight is 553 g/mol. The van der Waals surface area contributed by atoms with Gasteiger partial charge in [-0.25, -0.2) is 15.1 Å². The van der Waals surface area contributed by atoms with E-state index in [0.29, 0.717) is 40.5 Å². The van der Waals surface area contributed by atoms with Gasteiger partial charge in [0.2, 0.25) is 5.78 Å². The summed E-state index contributed by atoms with van der Waals surface area (Å²) in [5.41, 5.74) is 1.87. The molecule has 192 valence electrons. The van der Waals surface area contributed by atoms with Crippen LogP contribution in [0.4, 0.5) is 5.82 Å². The monoisotopic (exact) mass is 552 g/mol. The number of hydrogen-bond acceptors (Lipinski definition) is 10. The smallest absolute Gasteiger partial charge is 0.333 e. The van der Waals surface area contributed by atoms with Gasteiger partial charge in [-0.3, -0.25) is 8.98 Å². The van der Waals surface area contributed by atoms with Gasteiger partial charge >= 0.3 is 10.3 Å². The summed E-state index contributed by atoms with van der Waals surface area (Å²) in [6.45, 7) is -0.444. The van der Waals surface area contributed by atoms with Gasteiger partial charge in [-0.2, -0.15) is 8.42 Å². The topological polar surface area (TPSA) is 165 Å². The Hall–Kier alpha value is -2.45.